The molecular formula is C15H12Br2. The van der Waals surface area contributed by atoms with E-state index < -0.39 is 0 Å². The summed E-state index contributed by atoms with van der Waals surface area (Å²) >= 11 is 6.97. The van der Waals surface area contributed by atoms with Gasteiger partial charge in [-0.15, -0.1) is 0 Å². The highest BCUT2D eigenvalue weighted by atomic mass is 79.9. The summed E-state index contributed by atoms with van der Waals surface area (Å²) in [7, 11) is 0. The van der Waals surface area contributed by atoms with E-state index in [4.69, 9.17) is 0 Å². The van der Waals surface area contributed by atoms with Crippen LogP contribution in [0.2, 0.25) is 0 Å². The predicted molar refractivity (Wildman–Crippen MR) is 81.0 cm³/mol. The molecule has 2 aromatic rings. The molecule has 0 unspecified atom stereocenters. The van der Waals surface area contributed by atoms with Crippen molar-refractivity contribution in [2.45, 2.75) is 6.42 Å². The van der Waals surface area contributed by atoms with E-state index in [9.17, 15) is 0 Å². The normalized spacial score (nSPS) is 10.9. The molecule has 2 aromatic carbocycles. The molecule has 2 rings (SSSR count). The number of hydrogen-bond acceptors (Lipinski definition) is 0. The Morgan fingerprint density at radius 1 is 0.882 bits per heavy atom. The van der Waals surface area contributed by atoms with Gasteiger partial charge in [0.2, 0.25) is 0 Å². The van der Waals surface area contributed by atoms with Crippen LogP contribution in [0.1, 0.15) is 11.1 Å². The molecule has 0 atom stereocenters. The van der Waals surface area contributed by atoms with E-state index in [-0.39, 0.29) is 0 Å². The molecule has 0 saturated carbocycles. The van der Waals surface area contributed by atoms with Crippen LogP contribution in [0.25, 0.3) is 6.08 Å². The second-order valence-electron chi connectivity index (χ2n) is 3.75. The molecule has 0 aliphatic rings. The van der Waals surface area contributed by atoms with Crippen molar-refractivity contribution in [3.05, 3.63) is 74.7 Å². The molecule has 0 aliphatic heterocycles. The Morgan fingerprint density at radius 2 is 1.59 bits per heavy atom. The van der Waals surface area contributed by atoms with Gasteiger partial charge in [-0.2, -0.15) is 0 Å². The largest absolute Gasteiger partial charge is 0.0795 e. The average molecular weight is 352 g/mol. The molecule has 0 N–H and O–H groups in total. The van der Waals surface area contributed by atoms with Gasteiger partial charge in [0.25, 0.3) is 0 Å². The van der Waals surface area contributed by atoms with Crippen molar-refractivity contribution in [1.82, 2.24) is 0 Å². The van der Waals surface area contributed by atoms with Crippen molar-refractivity contribution in [1.29, 1.82) is 0 Å². The SMILES string of the molecule is Brc1ccc(CC=Cc2ccccc2Br)cc1. The summed E-state index contributed by atoms with van der Waals surface area (Å²) < 4.78 is 2.25. The van der Waals surface area contributed by atoms with Crippen molar-refractivity contribution in [3.63, 3.8) is 0 Å². The molecule has 0 saturated heterocycles. The minimum Gasteiger partial charge on any atom is -0.0795 e. The van der Waals surface area contributed by atoms with Gasteiger partial charge in [-0.25, -0.2) is 0 Å². The van der Waals surface area contributed by atoms with E-state index in [1.807, 2.05) is 12.1 Å². The summed E-state index contributed by atoms with van der Waals surface area (Å²) in [6, 6.07) is 16.6. The zero-order chi connectivity index (χ0) is 12.1. The van der Waals surface area contributed by atoms with Crippen molar-refractivity contribution >= 4 is 37.9 Å². The fraction of sp³-hybridized carbons (Fsp3) is 0.0667. The number of halogens is 2. The summed E-state index contributed by atoms with van der Waals surface area (Å²) in [5.41, 5.74) is 2.53. The maximum Gasteiger partial charge on any atom is 0.0247 e. The molecular weight excluding hydrogens is 340 g/mol. The Labute approximate surface area is 119 Å². The van der Waals surface area contributed by atoms with Crippen LogP contribution in [-0.4, -0.2) is 0 Å². The first kappa shape index (κ1) is 12.6. The van der Waals surface area contributed by atoms with Crippen molar-refractivity contribution in [2.75, 3.05) is 0 Å². The zero-order valence-electron chi connectivity index (χ0n) is 9.24. The summed E-state index contributed by atoms with van der Waals surface area (Å²) in [6.07, 6.45) is 5.28. The van der Waals surface area contributed by atoms with E-state index in [0.29, 0.717) is 0 Å². The van der Waals surface area contributed by atoms with Crippen LogP contribution in [0.3, 0.4) is 0 Å². The van der Waals surface area contributed by atoms with E-state index >= 15 is 0 Å². The van der Waals surface area contributed by atoms with Crippen LogP contribution < -0.4 is 0 Å². The van der Waals surface area contributed by atoms with Crippen LogP contribution in [0.4, 0.5) is 0 Å². The first-order chi connectivity index (χ1) is 8.25. The molecule has 86 valence electrons. The number of benzene rings is 2. The molecule has 0 nitrogen and oxygen atoms in total. The lowest BCUT2D eigenvalue weighted by atomic mass is 10.1. The van der Waals surface area contributed by atoms with Gasteiger partial charge in [0.15, 0.2) is 0 Å². The highest BCUT2D eigenvalue weighted by Gasteiger charge is 1.93. The Hall–Kier alpha value is -0.860. The quantitative estimate of drug-likeness (QED) is 0.688. The Morgan fingerprint density at radius 3 is 2.29 bits per heavy atom. The maximum absolute atomic E-state index is 3.53. The zero-order valence-corrected chi connectivity index (χ0v) is 12.4. The summed E-state index contributed by atoms with van der Waals surface area (Å²) in [5.74, 6) is 0. The Balaban J connectivity index is 2.03. The number of rotatable bonds is 3. The second kappa shape index (κ2) is 6.18. The van der Waals surface area contributed by atoms with E-state index in [1.165, 1.54) is 11.1 Å². The molecule has 2 heteroatoms. The van der Waals surface area contributed by atoms with Crippen molar-refractivity contribution < 1.29 is 0 Å². The molecule has 0 aliphatic carbocycles. The number of hydrogen-bond donors (Lipinski definition) is 0. The monoisotopic (exact) mass is 350 g/mol. The molecule has 17 heavy (non-hydrogen) atoms. The van der Waals surface area contributed by atoms with Gasteiger partial charge in [0.05, 0.1) is 0 Å². The highest BCUT2D eigenvalue weighted by molar-refractivity contribution is 9.10. The van der Waals surface area contributed by atoms with Crippen LogP contribution >= 0.6 is 31.9 Å². The summed E-state index contributed by atoms with van der Waals surface area (Å²) in [6.45, 7) is 0. The maximum atomic E-state index is 3.53. The smallest absolute Gasteiger partial charge is 0.0247 e. The first-order valence-corrected chi connectivity index (χ1v) is 7.00. The Bertz CT molecular complexity index is 513. The van der Waals surface area contributed by atoms with Gasteiger partial charge in [0.1, 0.15) is 0 Å². The average Bonchev–Trinajstić information content (AvgIpc) is 2.34. The lowest BCUT2D eigenvalue weighted by Gasteiger charge is -1.98. The van der Waals surface area contributed by atoms with E-state index in [0.717, 1.165) is 15.4 Å². The lowest BCUT2D eigenvalue weighted by molar-refractivity contribution is 1.27. The molecule has 0 fully saturated rings. The lowest BCUT2D eigenvalue weighted by Crippen LogP contribution is -1.80. The van der Waals surface area contributed by atoms with Gasteiger partial charge < -0.3 is 0 Å². The summed E-state index contributed by atoms with van der Waals surface area (Å²) in [4.78, 5) is 0. The van der Waals surface area contributed by atoms with Gasteiger partial charge in [-0.3, -0.25) is 0 Å². The van der Waals surface area contributed by atoms with Gasteiger partial charge in [-0.1, -0.05) is 74.3 Å². The van der Waals surface area contributed by atoms with Crippen LogP contribution in [0.5, 0.6) is 0 Å². The van der Waals surface area contributed by atoms with Crippen molar-refractivity contribution in [3.8, 4) is 0 Å². The fourth-order valence-electron chi connectivity index (χ4n) is 1.55. The van der Waals surface area contributed by atoms with E-state index in [1.54, 1.807) is 0 Å². The van der Waals surface area contributed by atoms with E-state index in [2.05, 4.69) is 80.4 Å². The Kier molecular flexibility index (Phi) is 4.57. The molecule has 0 bridgehead atoms. The molecule has 0 radical (unpaired) electrons. The van der Waals surface area contributed by atoms with Gasteiger partial charge in [-0.05, 0) is 35.7 Å². The summed E-state index contributed by atoms with van der Waals surface area (Å²) in [5, 5.41) is 0. The number of allylic oxidation sites excluding steroid dienone is 1. The topological polar surface area (TPSA) is 0 Å². The molecule has 0 amide bonds. The third-order valence-electron chi connectivity index (χ3n) is 2.47. The second-order valence-corrected chi connectivity index (χ2v) is 5.52. The van der Waals surface area contributed by atoms with Crippen LogP contribution in [0, 0.1) is 0 Å². The fourth-order valence-corrected chi connectivity index (χ4v) is 2.23. The van der Waals surface area contributed by atoms with Gasteiger partial charge >= 0.3 is 0 Å². The van der Waals surface area contributed by atoms with Crippen molar-refractivity contribution in [2.24, 2.45) is 0 Å². The third-order valence-corrected chi connectivity index (χ3v) is 3.72. The van der Waals surface area contributed by atoms with Crippen LogP contribution in [0.15, 0.2) is 63.6 Å². The standard InChI is InChI=1S/C15H12Br2/c16-14-10-8-12(9-11-14)4-3-6-13-5-1-2-7-15(13)17/h1-3,5-11H,4H2. The predicted octanol–water partition coefficient (Wildman–Crippen LogP) is 5.47. The first-order valence-electron chi connectivity index (χ1n) is 5.41. The highest BCUT2D eigenvalue weighted by Crippen LogP contribution is 2.18. The minimum atomic E-state index is 0.953. The minimum absolute atomic E-state index is 0.953. The third kappa shape index (κ3) is 3.83. The molecule has 0 heterocycles. The molecule has 0 spiro atoms. The van der Waals surface area contributed by atoms with Crippen LogP contribution in [-0.2, 0) is 6.42 Å². The molecule has 0 aromatic heterocycles. The van der Waals surface area contributed by atoms with Gasteiger partial charge in [0, 0.05) is 8.95 Å².